The molecule has 1 aliphatic rings. The third kappa shape index (κ3) is 3.81. The van der Waals surface area contributed by atoms with Crippen LogP contribution in [0.25, 0.3) is 5.57 Å². The molecule has 0 saturated carbocycles. The number of rotatable bonds is 4. The van der Waals surface area contributed by atoms with E-state index in [2.05, 4.69) is 38.2 Å². The minimum atomic E-state index is -0.331. The van der Waals surface area contributed by atoms with Crippen LogP contribution >= 0.6 is 11.3 Å². The first-order chi connectivity index (χ1) is 14.7. The number of nitrogens with zero attached hydrogens (tertiary/aromatic N) is 1. The molecule has 1 N–H and O–H groups in total. The van der Waals surface area contributed by atoms with E-state index in [9.17, 15) is 9.59 Å². The highest BCUT2D eigenvalue weighted by Crippen LogP contribution is 2.37. The Morgan fingerprint density at radius 2 is 1.58 bits per heavy atom. The Morgan fingerprint density at radius 1 is 0.871 bits per heavy atom. The minimum Gasteiger partial charge on any atom is -0.350 e. The number of nitrogens with one attached hydrogen (secondary N) is 1. The van der Waals surface area contributed by atoms with Crippen LogP contribution in [0, 0.1) is 13.8 Å². The first-order valence-corrected chi connectivity index (χ1v) is 11.2. The molecule has 2 aromatic carbocycles. The zero-order valence-electron chi connectivity index (χ0n) is 18.4. The van der Waals surface area contributed by atoms with Gasteiger partial charge in [-0.15, -0.1) is 11.3 Å². The molecule has 1 aromatic heterocycles. The zero-order valence-corrected chi connectivity index (χ0v) is 19.3. The van der Waals surface area contributed by atoms with Crippen molar-refractivity contribution in [3.05, 3.63) is 87.2 Å². The van der Waals surface area contributed by atoms with Gasteiger partial charge in [0.1, 0.15) is 5.70 Å². The van der Waals surface area contributed by atoms with Crippen molar-refractivity contribution in [2.45, 2.75) is 40.0 Å². The number of thiophene rings is 1. The lowest BCUT2D eigenvalue weighted by molar-refractivity contribution is -0.120. The summed E-state index contributed by atoms with van der Waals surface area (Å²) in [5.74, 6) is -0.628. The summed E-state index contributed by atoms with van der Waals surface area (Å²) in [5, 5.41) is 5.16. The molecule has 4 rings (SSSR count). The van der Waals surface area contributed by atoms with Crippen LogP contribution in [0.3, 0.4) is 0 Å². The van der Waals surface area contributed by atoms with Gasteiger partial charge < -0.3 is 5.32 Å². The second-order valence-electron chi connectivity index (χ2n) is 8.84. The molecule has 1 aliphatic heterocycles. The number of amides is 2. The number of hydrogen-bond donors (Lipinski definition) is 1. The Hall–Kier alpha value is -3.18. The van der Waals surface area contributed by atoms with Crippen LogP contribution in [0.4, 0.5) is 11.4 Å². The summed E-state index contributed by atoms with van der Waals surface area (Å²) in [4.78, 5) is 29.1. The molecule has 0 aliphatic carbocycles. The molecule has 158 valence electrons. The van der Waals surface area contributed by atoms with Gasteiger partial charge in [-0.2, -0.15) is 0 Å². The lowest BCUT2D eigenvalue weighted by Gasteiger charge is -2.20. The van der Waals surface area contributed by atoms with Crippen molar-refractivity contribution in [1.82, 2.24) is 0 Å². The van der Waals surface area contributed by atoms with Crippen molar-refractivity contribution in [3.8, 4) is 0 Å². The first-order valence-electron chi connectivity index (χ1n) is 10.3. The van der Waals surface area contributed by atoms with Gasteiger partial charge in [0.25, 0.3) is 11.8 Å². The van der Waals surface area contributed by atoms with Crippen molar-refractivity contribution in [3.63, 3.8) is 0 Å². The second-order valence-corrected chi connectivity index (χ2v) is 9.79. The van der Waals surface area contributed by atoms with Crippen LogP contribution in [-0.2, 0) is 15.0 Å². The van der Waals surface area contributed by atoms with Crippen LogP contribution in [0.1, 0.15) is 42.3 Å². The molecule has 2 heterocycles. The van der Waals surface area contributed by atoms with E-state index < -0.39 is 0 Å². The summed E-state index contributed by atoms with van der Waals surface area (Å²) in [6.07, 6.45) is 0. The molecule has 3 aromatic rings. The number of anilines is 2. The van der Waals surface area contributed by atoms with Gasteiger partial charge in [0.05, 0.1) is 11.3 Å². The fourth-order valence-corrected chi connectivity index (χ4v) is 4.46. The number of aryl methyl sites for hydroxylation is 1. The van der Waals surface area contributed by atoms with Crippen molar-refractivity contribution in [2.75, 3.05) is 10.2 Å². The Labute approximate surface area is 187 Å². The number of imide groups is 1. The third-order valence-corrected chi connectivity index (χ3v) is 6.58. The van der Waals surface area contributed by atoms with E-state index in [1.54, 1.807) is 0 Å². The molecule has 0 atom stereocenters. The average molecular weight is 431 g/mol. The molecule has 4 nitrogen and oxygen atoms in total. The van der Waals surface area contributed by atoms with Crippen molar-refractivity contribution in [1.29, 1.82) is 0 Å². The van der Waals surface area contributed by atoms with Crippen molar-refractivity contribution < 1.29 is 9.59 Å². The van der Waals surface area contributed by atoms with E-state index in [1.165, 1.54) is 21.8 Å². The smallest absolute Gasteiger partial charge is 0.282 e. The molecular weight excluding hydrogens is 404 g/mol. The quantitative estimate of drug-likeness (QED) is 0.512. The van der Waals surface area contributed by atoms with Crippen LogP contribution < -0.4 is 10.2 Å². The monoisotopic (exact) mass is 430 g/mol. The van der Waals surface area contributed by atoms with Gasteiger partial charge in [0, 0.05) is 10.6 Å². The molecule has 0 radical (unpaired) electrons. The van der Waals surface area contributed by atoms with Gasteiger partial charge in [0.2, 0.25) is 0 Å². The highest BCUT2D eigenvalue weighted by Gasteiger charge is 2.41. The summed E-state index contributed by atoms with van der Waals surface area (Å²) in [6.45, 7) is 10.4. The van der Waals surface area contributed by atoms with Gasteiger partial charge in [-0.3, -0.25) is 9.59 Å². The normalized spacial score (nSPS) is 14.5. The van der Waals surface area contributed by atoms with E-state index in [1.807, 2.05) is 61.7 Å². The van der Waals surface area contributed by atoms with Crippen molar-refractivity contribution in [2.24, 2.45) is 0 Å². The molecule has 0 bridgehead atoms. The van der Waals surface area contributed by atoms with E-state index in [-0.39, 0.29) is 17.2 Å². The zero-order chi connectivity index (χ0) is 22.3. The van der Waals surface area contributed by atoms with E-state index in [4.69, 9.17) is 0 Å². The number of hydrogen-bond acceptors (Lipinski definition) is 4. The Bertz CT molecular complexity index is 1180. The molecule has 0 unspecified atom stereocenters. The van der Waals surface area contributed by atoms with Gasteiger partial charge in [-0.1, -0.05) is 51.1 Å². The molecular formula is C26H26N2O2S. The maximum atomic E-state index is 13.5. The summed E-state index contributed by atoms with van der Waals surface area (Å²) < 4.78 is 0. The van der Waals surface area contributed by atoms with Gasteiger partial charge >= 0.3 is 0 Å². The second kappa shape index (κ2) is 7.82. The van der Waals surface area contributed by atoms with E-state index >= 15 is 0 Å². The fourth-order valence-electron chi connectivity index (χ4n) is 3.69. The van der Waals surface area contributed by atoms with E-state index in [0.29, 0.717) is 17.0 Å². The predicted octanol–water partition coefficient (Wildman–Crippen LogP) is 6.06. The largest absolute Gasteiger partial charge is 0.350 e. The van der Waals surface area contributed by atoms with Crippen LogP contribution in [0.2, 0.25) is 0 Å². The van der Waals surface area contributed by atoms with Crippen LogP contribution in [0.5, 0.6) is 0 Å². The lowest BCUT2D eigenvalue weighted by atomic mass is 9.87. The number of carbonyl (C=O) groups is 2. The average Bonchev–Trinajstić information content (AvgIpc) is 3.31. The highest BCUT2D eigenvalue weighted by molar-refractivity contribution is 7.11. The minimum absolute atomic E-state index is 0.0402. The first kappa shape index (κ1) is 21.1. The molecule has 5 heteroatoms. The maximum Gasteiger partial charge on any atom is 0.282 e. The maximum absolute atomic E-state index is 13.5. The fraction of sp³-hybridized carbons (Fsp3) is 0.231. The molecule has 0 fully saturated rings. The standard InChI is InChI=1S/C26H26N2O2S/c1-16-8-6-9-20(17(16)2)28-24(29)22(21-10-7-15-31-21)23(25(28)30)27-19-13-11-18(12-14-19)26(3,4)5/h6-15,27H,1-5H3. The van der Waals surface area contributed by atoms with Gasteiger partial charge in [-0.25, -0.2) is 4.90 Å². The lowest BCUT2D eigenvalue weighted by Crippen LogP contribution is -2.33. The summed E-state index contributed by atoms with van der Waals surface area (Å²) in [5.41, 5.74) is 5.35. The van der Waals surface area contributed by atoms with Crippen molar-refractivity contribution >= 4 is 40.1 Å². The Balaban J connectivity index is 1.77. The third-order valence-electron chi connectivity index (χ3n) is 5.69. The Kier molecular flexibility index (Phi) is 5.31. The van der Waals surface area contributed by atoms with Gasteiger partial charge in [0.15, 0.2) is 0 Å². The van der Waals surface area contributed by atoms with Crippen LogP contribution in [-0.4, -0.2) is 11.8 Å². The summed E-state index contributed by atoms with van der Waals surface area (Å²) >= 11 is 1.45. The highest BCUT2D eigenvalue weighted by atomic mass is 32.1. The molecule has 0 saturated heterocycles. The van der Waals surface area contributed by atoms with Crippen LogP contribution in [0.15, 0.2) is 65.7 Å². The number of carbonyl (C=O) groups excluding carboxylic acids is 2. The SMILES string of the molecule is Cc1cccc(N2C(=O)C(Nc3ccc(C(C)(C)C)cc3)=C(c3cccs3)C2=O)c1C. The summed E-state index contributed by atoms with van der Waals surface area (Å²) in [6, 6.07) is 17.5. The molecule has 2 amide bonds. The molecule has 0 spiro atoms. The molecule has 31 heavy (non-hydrogen) atoms. The number of benzene rings is 2. The topological polar surface area (TPSA) is 49.4 Å². The van der Waals surface area contributed by atoms with E-state index in [0.717, 1.165) is 21.7 Å². The predicted molar refractivity (Wildman–Crippen MR) is 128 cm³/mol. The summed E-state index contributed by atoms with van der Waals surface area (Å²) in [7, 11) is 0. The Morgan fingerprint density at radius 3 is 2.19 bits per heavy atom. The van der Waals surface area contributed by atoms with Gasteiger partial charge in [-0.05, 0) is 65.6 Å².